The van der Waals surface area contributed by atoms with Crippen LogP contribution in [0.4, 0.5) is 21.0 Å². The molecule has 3 aliphatic rings. The Hall–Kier alpha value is -8.03. The standard InChI is InChI=1S/C45H35N5O11/c46-43(56)47-23-7-8-26-15-22-34-33(24-26)45(42(55)48(34)44(57)60-25-27-13-18-31(19-14-27)50(58)59)35(40(52)53)37-41(54)61-38(29-11-5-2-6-12-29)36(28-9-3-1-4-10-28)49(37)39(45)30-16-20-32(51)21-17-30/h1-6,9-22,24,35-39,51H,23,25H2,(H,52,53)(H3,46,47,56). The maximum Gasteiger partial charge on any atom is 0.421 e. The number of nitrogens with one attached hydrogen (secondary N) is 1. The Morgan fingerprint density at radius 3 is 2.15 bits per heavy atom. The van der Waals surface area contributed by atoms with Crippen molar-refractivity contribution in [3.05, 3.63) is 171 Å². The molecule has 3 aliphatic heterocycles. The third-order valence-corrected chi connectivity index (χ3v) is 11.2. The van der Waals surface area contributed by atoms with E-state index in [1.54, 1.807) is 53.4 Å². The second-order valence-electron chi connectivity index (χ2n) is 14.6. The summed E-state index contributed by atoms with van der Waals surface area (Å²) >= 11 is 0. The van der Waals surface area contributed by atoms with Crippen molar-refractivity contribution in [1.82, 2.24) is 10.2 Å². The SMILES string of the molecule is NC(=O)NCC#Cc1ccc2c(c1)C1(C(=O)N2C(=O)OCc2ccc([N+](=O)[O-])cc2)C(C(=O)O)C2C(=O)OC(c3ccccc3)C(c3ccccc3)N2C1c1ccc(O)cc1. The minimum atomic E-state index is -2.28. The number of amides is 4. The molecule has 0 aliphatic carbocycles. The third-order valence-electron chi connectivity index (χ3n) is 11.2. The van der Waals surface area contributed by atoms with Gasteiger partial charge in [-0.25, -0.2) is 14.5 Å². The van der Waals surface area contributed by atoms with Gasteiger partial charge in [-0.3, -0.25) is 29.4 Å². The number of fused-ring (bicyclic) bond motifs is 3. The number of non-ortho nitro benzene ring substituents is 1. The molecule has 6 atom stereocenters. The fourth-order valence-electron chi connectivity index (χ4n) is 8.80. The highest BCUT2D eigenvalue weighted by Gasteiger charge is 2.76. The summed E-state index contributed by atoms with van der Waals surface area (Å²) in [7, 11) is 0. The second kappa shape index (κ2) is 16.0. The van der Waals surface area contributed by atoms with Gasteiger partial charge >= 0.3 is 24.1 Å². The molecule has 2 fully saturated rings. The minimum absolute atomic E-state index is 0.0372. The fourth-order valence-corrected chi connectivity index (χ4v) is 8.80. The van der Waals surface area contributed by atoms with Gasteiger partial charge in [0.1, 0.15) is 35.8 Å². The lowest BCUT2D eigenvalue weighted by Crippen LogP contribution is -2.53. The van der Waals surface area contributed by atoms with Gasteiger partial charge in [-0.1, -0.05) is 84.6 Å². The van der Waals surface area contributed by atoms with Gasteiger partial charge in [0.05, 0.1) is 29.2 Å². The average Bonchev–Trinajstić information content (AvgIpc) is 3.71. The van der Waals surface area contributed by atoms with E-state index in [-0.39, 0.29) is 34.8 Å². The van der Waals surface area contributed by atoms with Gasteiger partial charge in [0, 0.05) is 17.7 Å². The van der Waals surface area contributed by atoms with Crippen LogP contribution >= 0.6 is 0 Å². The number of nitro groups is 1. The zero-order valence-electron chi connectivity index (χ0n) is 31.9. The van der Waals surface area contributed by atoms with Crippen molar-refractivity contribution < 1.29 is 48.6 Å². The number of aromatic hydroxyl groups is 1. The first-order chi connectivity index (χ1) is 29.4. The maximum absolute atomic E-state index is 15.8. The van der Waals surface area contributed by atoms with E-state index in [0.29, 0.717) is 22.3 Å². The van der Waals surface area contributed by atoms with E-state index in [9.17, 15) is 39.5 Å². The number of imide groups is 1. The van der Waals surface area contributed by atoms with Gasteiger partial charge in [-0.05, 0) is 70.3 Å². The number of ether oxygens (including phenoxy) is 2. The first-order valence-corrected chi connectivity index (χ1v) is 18.9. The molecule has 0 bridgehead atoms. The van der Waals surface area contributed by atoms with E-state index in [1.165, 1.54) is 66.7 Å². The minimum Gasteiger partial charge on any atom is -0.508 e. The number of phenols is 1. The lowest BCUT2D eigenvalue weighted by Gasteiger charge is -2.46. The molecular weight excluding hydrogens is 787 g/mol. The number of hydrogen-bond donors (Lipinski definition) is 4. The number of carbonyl (C=O) groups is 5. The number of primary amides is 1. The van der Waals surface area contributed by atoms with E-state index < -0.39 is 77.1 Å². The van der Waals surface area contributed by atoms with E-state index in [2.05, 4.69) is 17.2 Å². The second-order valence-corrected chi connectivity index (χ2v) is 14.6. The smallest absolute Gasteiger partial charge is 0.421 e. The number of hydrogen-bond acceptors (Lipinski definition) is 11. The van der Waals surface area contributed by atoms with Crippen LogP contribution in [-0.4, -0.2) is 62.6 Å². The van der Waals surface area contributed by atoms with Gasteiger partial charge in [-0.15, -0.1) is 0 Å². The van der Waals surface area contributed by atoms with Crippen LogP contribution < -0.4 is 16.0 Å². The van der Waals surface area contributed by atoms with E-state index in [0.717, 1.165) is 4.90 Å². The summed E-state index contributed by atoms with van der Waals surface area (Å²) in [5.41, 5.74) is 4.91. The molecular formula is C45H35N5O11. The number of esters is 1. The molecule has 6 unspecified atom stereocenters. The summed E-state index contributed by atoms with van der Waals surface area (Å²) in [5, 5.41) is 35.5. The van der Waals surface area contributed by atoms with Crippen LogP contribution in [-0.2, 0) is 35.9 Å². The van der Waals surface area contributed by atoms with Gasteiger partial charge in [0.15, 0.2) is 0 Å². The molecule has 5 N–H and O–H groups in total. The van der Waals surface area contributed by atoms with Crippen molar-refractivity contribution in [3.8, 4) is 17.6 Å². The number of morpholine rings is 1. The molecule has 8 rings (SSSR count). The van der Waals surface area contributed by atoms with Crippen molar-refractivity contribution in [2.45, 2.75) is 36.3 Å². The Bertz CT molecular complexity index is 2630. The van der Waals surface area contributed by atoms with Crippen molar-refractivity contribution in [2.24, 2.45) is 11.7 Å². The molecule has 4 amide bonds. The molecule has 1 spiro atoms. The lowest BCUT2D eigenvalue weighted by atomic mass is 9.65. The number of benzene rings is 5. The number of rotatable bonds is 8. The Balaban J connectivity index is 1.36. The van der Waals surface area contributed by atoms with Gasteiger partial charge in [-0.2, -0.15) is 0 Å². The largest absolute Gasteiger partial charge is 0.508 e. The summed E-state index contributed by atoms with van der Waals surface area (Å²) in [6, 6.07) is 28.7. The number of urea groups is 1. The van der Waals surface area contributed by atoms with Crippen molar-refractivity contribution in [1.29, 1.82) is 0 Å². The highest BCUT2D eigenvalue weighted by atomic mass is 16.6. The number of carboxylic acids is 1. The Morgan fingerprint density at radius 2 is 1.52 bits per heavy atom. The zero-order valence-corrected chi connectivity index (χ0v) is 31.9. The number of nitrogens with two attached hydrogens (primary N) is 1. The van der Waals surface area contributed by atoms with Crippen molar-refractivity contribution in [3.63, 3.8) is 0 Å². The van der Waals surface area contributed by atoms with Crippen molar-refractivity contribution in [2.75, 3.05) is 11.4 Å². The molecule has 3 heterocycles. The van der Waals surface area contributed by atoms with Crippen molar-refractivity contribution >= 4 is 41.3 Å². The maximum atomic E-state index is 15.8. The quantitative estimate of drug-likeness (QED) is 0.0667. The van der Waals surface area contributed by atoms with Crippen LogP contribution in [0.15, 0.2) is 127 Å². The predicted octanol–water partition coefficient (Wildman–Crippen LogP) is 5.41. The summed E-state index contributed by atoms with van der Waals surface area (Å²) in [6.07, 6.45) is -2.20. The number of phenolic OH excluding ortho intramolecular Hbond substituents is 1. The monoisotopic (exact) mass is 821 g/mol. The number of cyclic esters (lactones) is 1. The molecule has 16 heteroatoms. The summed E-state index contributed by atoms with van der Waals surface area (Å²) in [4.78, 5) is 83.3. The molecule has 0 radical (unpaired) electrons. The molecule has 2 saturated heterocycles. The number of nitrogens with zero attached hydrogens (tertiary/aromatic N) is 3. The van der Waals surface area contributed by atoms with Crippen LogP contribution in [0.2, 0.25) is 0 Å². The molecule has 5 aromatic rings. The van der Waals surface area contributed by atoms with E-state index >= 15 is 4.79 Å². The zero-order chi connectivity index (χ0) is 43.0. The van der Waals surface area contributed by atoms with Crippen LogP contribution in [0.5, 0.6) is 5.75 Å². The summed E-state index contributed by atoms with van der Waals surface area (Å²) < 4.78 is 11.9. The van der Waals surface area contributed by atoms with Gasteiger partial charge in [0.25, 0.3) is 5.69 Å². The topological polar surface area (TPSA) is 232 Å². The normalized spacial score (nSPS) is 22.6. The third kappa shape index (κ3) is 6.92. The van der Waals surface area contributed by atoms with Crippen LogP contribution in [0.1, 0.15) is 51.6 Å². The molecule has 61 heavy (non-hydrogen) atoms. The molecule has 0 aromatic heterocycles. The van der Waals surface area contributed by atoms with Crippen LogP contribution in [0.3, 0.4) is 0 Å². The summed E-state index contributed by atoms with van der Waals surface area (Å²) in [5.74, 6) is 0.152. The fraction of sp³-hybridized carbons (Fsp3) is 0.178. The summed E-state index contributed by atoms with van der Waals surface area (Å²) in [6.45, 7) is -0.564. The predicted molar refractivity (Wildman–Crippen MR) is 215 cm³/mol. The Labute approximate surface area is 347 Å². The molecule has 5 aromatic carbocycles. The molecule has 0 saturated carbocycles. The average molecular weight is 822 g/mol. The number of anilines is 1. The van der Waals surface area contributed by atoms with E-state index in [4.69, 9.17) is 15.2 Å². The van der Waals surface area contributed by atoms with E-state index in [1.807, 2.05) is 12.1 Å². The highest BCUT2D eigenvalue weighted by Crippen LogP contribution is 2.66. The highest BCUT2D eigenvalue weighted by molar-refractivity contribution is 6.23. The number of carboxylic acid groups (broad SMARTS) is 1. The van der Waals surface area contributed by atoms with Crippen LogP contribution in [0, 0.1) is 27.9 Å². The molecule has 306 valence electrons. The number of carbonyl (C=O) groups excluding carboxylic acids is 4. The Morgan fingerprint density at radius 1 is 0.869 bits per heavy atom. The first-order valence-electron chi connectivity index (χ1n) is 18.9. The van der Waals surface area contributed by atoms with Gasteiger partial charge < -0.3 is 30.7 Å². The first kappa shape index (κ1) is 39.8. The molecule has 16 nitrogen and oxygen atoms in total. The number of aliphatic carboxylic acids is 1. The lowest BCUT2D eigenvalue weighted by molar-refractivity contribution is -0.384. The van der Waals surface area contributed by atoms with Crippen LogP contribution in [0.25, 0.3) is 0 Å². The number of nitro benzene ring substituents is 1. The Kier molecular flexibility index (Phi) is 10.4. The van der Waals surface area contributed by atoms with Gasteiger partial charge in [0.2, 0.25) is 5.91 Å².